The fourth-order valence-corrected chi connectivity index (χ4v) is 8.32. The molecule has 156 valence electrons. The van der Waals surface area contributed by atoms with Gasteiger partial charge in [-0.1, -0.05) is 22.9 Å². The SMILES string of the molecule is CC(=O)O[C@H]1CC[C@@H]2[C@H]3CC[C@]4(C)[C@@H](OC(C)=O)CC[C@H]4[C@@H]3CC[C@@]2(Br)C1=O. The normalized spacial score (nSPS) is 47.5. The summed E-state index contributed by atoms with van der Waals surface area (Å²) in [7, 11) is 0. The summed E-state index contributed by atoms with van der Waals surface area (Å²) in [4.78, 5) is 36.1. The first-order valence-electron chi connectivity index (χ1n) is 10.7. The smallest absolute Gasteiger partial charge is 0.303 e. The Bertz CT molecular complexity index is 692. The fourth-order valence-electron chi connectivity index (χ4n) is 7.27. The summed E-state index contributed by atoms with van der Waals surface area (Å²) in [5.74, 6) is 1.49. The molecule has 0 spiro atoms. The summed E-state index contributed by atoms with van der Waals surface area (Å²) in [6, 6.07) is 0. The van der Waals surface area contributed by atoms with Crippen molar-refractivity contribution in [2.24, 2.45) is 29.1 Å². The van der Waals surface area contributed by atoms with Crippen LogP contribution in [0.3, 0.4) is 0 Å². The molecular weight excluding hydrogens is 424 g/mol. The molecule has 4 aliphatic carbocycles. The predicted molar refractivity (Wildman–Crippen MR) is 107 cm³/mol. The van der Waals surface area contributed by atoms with Gasteiger partial charge in [-0.15, -0.1) is 0 Å². The molecule has 4 aliphatic rings. The summed E-state index contributed by atoms with van der Waals surface area (Å²) in [5, 5.41) is 0. The van der Waals surface area contributed by atoms with E-state index in [9.17, 15) is 14.4 Å². The molecule has 28 heavy (non-hydrogen) atoms. The van der Waals surface area contributed by atoms with Crippen LogP contribution in [0, 0.1) is 29.1 Å². The van der Waals surface area contributed by atoms with E-state index in [1.807, 2.05) is 0 Å². The molecule has 0 aliphatic heterocycles. The van der Waals surface area contributed by atoms with E-state index in [-0.39, 0.29) is 29.2 Å². The maximum atomic E-state index is 13.2. The quantitative estimate of drug-likeness (QED) is 0.461. The fraction of sp³-hybridized carbons (Fsp3) is 0.864. The number of carbonyl (C=O) groups is 3. The van der Waals surface area contributed by atoms with Crippen molar-refractivity contribution in [3.05, 3.63) is 0 Å². The van der Waals surface area contributed by atoms with Gasteiger partial charge in [-0.25, -0.2) is 0 Å². The minimum Gasteiger partial charge on any atom is -0.462 e. The van der Waals surface area contributed by atoms with Crippen LogP contribution in [0.5, 0.6) is 0 Å². The number of hydrogen-bond donors (Lipinski definition) is 0. The molecule has 8 atom stereocenters. The van der Waals surface area contributed by atoms with Crippen LogP contribution < -0.4 is 0 Å². The maximum Gasteiger partial charge on any atom is 0.303 e. The molecular formula is C22H31BrO5. The van der Waals surface area contributed by atoms with E-state index in [1.165, 1.54) is 13.8 Å². The van der Waals surface area contributed by atoms with E-state index in [1.54, 1.807) is 0 Å². The van der Waals surface area contributed by atoms with Gasteiger partial charge in [0.25, 0.3) is 0 Å². The molecule has 0 aromatic heterocycles. The Morgan fingerprint density at radius 3 is 2.18 bits per heavy atom. The Kier molecular flexibility index (Phi) is 5.17. The van der Waals surface area contributed by atoms with Crippen LogP contribution in [0.25, 0.3) is 0 Å². The van der Waals surface area contributed by atoms with Gasteiger partial charge in [-0.2, -0.15) is 0 Å². The van der Waals surface area contributed by atoms with Crippen molar-refractivity contribution in [1.82, 2.24) is 0 Å². The standard InChI is InChI=1S/C22H31BrO5/c1-12(24)27-18-6-4-17-15-8-10-21(3)16(5-7-19(21)28-13(2)25)14(15)9-11-22(17,23)20(18)26/h14-19H,4-11H2,1-3H3/t14-,15+,16+,17-,18+,19+,21+,22+/m1/s1. The number of ketones is 1. The van der Waals surface area contributed by atoms with Crippen LogP contribution in [0.4, 0.5) is 0 Å². The molecule has 0 amide bonds. The summed E-state index contributed by atoms with van der Waals surface area (Å²) in [6.45, 7) is 5.20. The van der Waals surface area contributed by atoms with Crippen molar-refractivity contribution < 1.29 is 23.9 Å². The Morgan fingerprint density at radius 1 is 0.893 bits per heavy atom. The molecule has 0 saturated heterocycles. The Morgan fingerprint density at radius 2 is 1.50 bits per heavy atom. The largest absolute Gasteiger partial charge is 0.462 e. The summed E-state index contributed by atoms with van der Waals surface area (Å²) in [5.41, 5.74) is 0.0676. The Labute approximate surface area is 175 Å². The molecule has 6 heteroatoms. The van der Waals surface area contributed by atoms with Crippen LogP contribution >= 0.6 is 15.9 Å². The second-order valence-electron chi connectivity index (χ2n) is 9.70. The minimum absolute atomic E-state index is 0.0351. The number of alkyl halides is 1. The number of Topliss-reactive ketones (excluding diaryl/α,β-unsaturated/α-hetero) is 1. The highest BCUT2D eigenvalue weighted by atomic mass is 79.9. The molecule has 0 unspecified atom stereocenters. The van der Waals surface area contributed by atoms with Crippen molar-refractivity contribution in [1.29, 1.82) is 0 Å². The lowest BCUT2D eigenvalue weighted by atomic mass is 9.50. The lowest BCUT2D eigenvalue weighted by Gasteiger charge is -2.57. The molecule has 5 nitrogen and oxygen atoms in total. The monoisotopic (exact) mass is 454 g/mol. The van der Waals surface area contributed by atoms with Crippen LogP contribution in [0.2, 0.25) is 0 Å². The van der Waals surface area contributed by atoms with E-state index in [4.69, 9.17) is 9.47 Å². The highest BCUT2D eigenvalue weighted by Crippen LogP contribution is 2.64. The van der Waals surface area contributed by atoms with E-state index < -0.39 is 10.4 Å². The third-order valence-corrected chi connectivity index (χ3v) is 9.79. The topological polar surface area (TPSA) is 69.7 Å². The number of esters is 2. The van der Waals surface area contributed by atoms with E-state index >= 15 is 0 Å². The van der Waals surface area contributed by atoms with Crippen LogP contribution in [-0.2, 0) is 23.9 Å². The van der Waals surface area contributed by atoms with Gasteiger partial charge in [0.1, 0.15) is 6.10 Å². The average molecular weight is 455 g/mol. The molecule has 4 fully saturated rings. The predicted octanol–water partition coefficient (Wildman–Crippen LogP) is 4.20. The number of ether oxygens (including phenoxy) is 2. The van der Waals surface area contributed by atoms with E-state index in [0.717, 1.165) is 44.9 Å². The van der Waals surface area contributed by atoms with E-state index in [0.29, 0.717) is 30.1 Å². The molecule has 4 saturated carbocycles. The first-order valence-corrected chi connectivity index (χ1v) is 11.5. The minimum atomic E-state index is -0.599. The van der Waals surface area contributed by atoms with Crippen molar-refractivity contribution in [3.63, 3.8) is 0 Å². The Hall–Kier alpha value is -0.910. The van der Waals surface area contributed by atoms with Crippen LogP contribution in [-0.4, -0.2) is 34.3 Å². The highest BCUT2D eigenvalue weighted by molar-refractivity contribution is 9.10. The van der Waals surface area contributed by atoms with Gasteiger partial charge in [0.05, 0.1) is 4.32 Å². The zero-order chi connectivity index (χ0) is 20.3. The molecule has 0 N–H and O–H groups in total. The molecule has 0 aromatic carbocycles. The van der Waals surface area contributed by atoms with Gasteiger partial charge in [0.15, 0.2) is 11.9 Å². The lowest BCUT2D eigenvalue weighted by molar-refractivity contribution is -0.163. The summed E-state index contributed by atoms with van der Waals surface area (Å²) in [6.07, 6.45) is 7.02. The average Bonchev–Trinajstić information content (AvgIpc) is 2.94. The molecule has 4 rings (SSSR count). The van der Waals surface area contributed by atoms with Crippen molar-refractivity contribution >= 4 is 33.7 Å². The number of carbonyl (C=O) groups excluding carboxylic acids is 3. The van der Waals surface area contributed by atoms with Gasteiger partial charge in [0, 0.05) is 19.3 Å². The van der Waals surface area contributed by atoms with Crippen molar-refractivity contribution in [3.8, 4) is 0 Å². The third-order valence-electron chi connectivity index (χ3n) is 8.41. The number of halogens is 1. The van der Waals surface area contributed by atoms with Crippen LogP contribution in [0.15, 0.2) is 0 Å². The van der Waals surface area contributed by atoms with E-state index in [2.05, 4.69) is 22.9 Å². The zero-order valence-corrected chi connectivity index (χ0v) is 18.6. The second-order valence-corrected chi connectivity index (χ2v) is 11.1. The van der Waals surface area contributed by atoms with Crippen molar-refractivity contribution in [2.45, 2.75) is 88.7 Å². The third kappa shape index (κ3) is 3.05. The molecule has 0 heterocycles. The van der Waals surface area contributed by atoms with Gasteiger partial charge < -0.3 is 9.47 Å². The summed E-state index contributed by atoms with van der Waals surface area (Å²) < 4.78 is 10.5. The highest BCUT2D eigenvalue weighted by Gasteiger charge is 2.63. The van der Waals surface area contributed by atoms with Crippen molar-refractivity contribution in [2.75, 3.05) is 0 Å². The van der Waals surface area contributed by atoms with Gasteiger partial charge >= 0.3 is 11.9 Å². The first-order chi connectivity index (χ1) is 13.2. The first kappa shape index (κ1) is 20.4. The van der Waals surface area contributed by atoms with Gasteiger partial charge in [0.2, 0.25) is 0 Å². The number of hydrogen-bond acceptors (Lipinski definition) is 5. The van der Waals surface area contributed by atoms with Gasteiger partial charge in [-0.05, 0) is 75.0 Å². The molecule has 0 radical (unpaired) electrons. The number of rotatable bonds is 2. The Balaban J connectivity index is 1.54. The maximum absolute atomic E-state index is 13.2. The molecule has 0 bridgehead atoms. The number of fused-ring (bicyclic) bond motifs is 5. The lowest BCUT2D eigenvalue weighted by Crippen LogP contribution is -2.59. The zero-order valence-electron chi connectivity index (χ0n) is 17.0. The summed E-state index contributed by atoms with van der Waals surface area (Å²) >= 11 is 3.85. The second kappa shape index (κ2) is 7.10. The molecule has 0 aromatic rings. The van der Waals surface area contributed by atoms with Gasteiger partial charge in [-0.3, -0.25) is 14.4 Å². The van der Waals surface area contributed by atoms with Crippen LogP contribution in [0.1, 0.15) is 72.1 Å².